The molecule has 30 heavy (non-hydrogen) atoms. The lowest BCUT2D eigenvalue weighted by atomic mass is 10.2. The molecule has 3 rings (SSSR count). The summed E-state index contributed by atoms with van der Waals surface area (Å²) in [6.45, 7) is 1.88. The molecular weight excluding hydrogens is 408 g/mol. The van der Waals surface area contributed by atoms with Crippen molar-refractivity contribution in [1.82, 2.24) is 9.13 Å². The number of hydrogen-bond donors (Lipinski definition) is 2. The molecule has 0 spiro atoms. The molecule has 0 radical (unpaired) electrons. The Kier molecular flexibility index (Phi) is 5.61. The van der Waals surface area contributed by atoms with Crippen molar-refractivity contribution in [3.63, 3.8) is 0 Å². The molecule has 0 bridgehead atoms. The summed E-state index contributed by atoms with van der Waals surface area (Å²) < 4.78 is 27.1. The minimum Gasteiger partial charge on any atom is -0.494 e. The van der Waals surface area contributed by atoms with Crippen molar-refractivity contribution >= 4 is 21.7 Å². The standard InChI is InChI=1S/C20H20N4O5S/c1-13-4-8-15(9-5-13)30(28,29)16-10-6-14(7-11-16)22-21-12-17-18(25)23(2)20(27)24(3)19(17)26/h4-12,22,25H,1-3H3/b21-12+. The van der Waals surface area contributed by atoms with Gasteiger partial charge >= 0.3 is 5.69 Å². The van der Waals surface area contributed by atoms with Gasteiger partial charge in [0.05, 0.1) is 21.7 Å². The Balaban J connectivity index is 1.81. The van der Waals surface area contributed by atoms with E-state index in [9.17, 15) is 23.1 Å². The van der Waals surface area contributed by atoms with Crippen LogP contribution in [0.25, 0.3) is 0 Å². The summed E-state index contributed by atoms with van der Waals surface area (Å²) in [6.07, 6.45) is 1.09. The molecular formula is C20H20N4O5S. The molecule has 0 unspecified atom stereocenters. The van der Waals surface area contributed by atoms with Crippen LogP contribution in [-0.2, 0) is 23.9 Å². The largest absolute Gasteiger partial charge is 0.494 e. The zero-order chi connectivity index (χ0) is 22.1. The second-order valence-corrected chi connectivity index (χ2v) is 8.60. The van der Waals surface area contributed by atoms with E-state index in [1.54, 1.807) is 24.3 Å². The molecule has 0 fully saturated rings. The Morgan fingerprint density at radius 2 is 1.47 bits per heavy atom. The van der Waals surface area contributed by atoms with E-state index in [-0.39, 0.29) is 15.4 Å². The molecule has 0 amide bonds. The quantitative estimate of drug-likeness (QED) is 0.468. The zero-order valence-corrected chi connectivity index (χ0v) is 17.3. The first-order chi connectivity index (χ1) is 14.1. The van der Waals surface area contributed by atoms with E-state index in [1.165, 1.54) is 38.4 Å². The predicted octanol–water partition coefficient (Wildman–Crippen LogP) is 1.38. The fourth-order valence-electron chi connectivity index (χ4n) is 2.71. The van der Waals surface area contributed by atoms with Gasteiger partial charge in [0.1, 0.15) is 5.56 Å². The van der Waals surface area contributed by atoms with Crippen LogP contribution in [0.5, 0.6) is 5.88 Å². The summed E-state index contributed by atoms with van der Waals surface area (Å²) >= 11 is 0. The highest BCUT2D eigenvalue weighted by Gasteiger charge is 2.17. The third-order valence-electron chi connectivity index (χ3n) is 4.55. The highest BCUT2D eigenvalue weighted by molar-refractivity contribution is 7.91. The Hall–Kier alpha value is -3.66. The summed E-state index contributed by atoms with van der Waals surface area (Å²) in [5, 5.41) is 13.9. The van der Waals surface area contributed by atoms with E-state index in [1.807, 2.05) is 6.92 Å². The summed E-state index contributed by atoms with van der Waals surface area (Å²) in [5.41, 5.74) is 2.57. The number of nitrogens with one attached hydrogen (secondary N) is 1. The first-order valence-electron chi connectivity index (χ1n) is 8.83. The lowest BCUT2D eigenvalue weighted by Crippen LogP contribution is -2.38. The summed E-state index contributed by atoms with van der Waals surface area (Å²) in [4.78, 5) is 24.2. The van der Waals surface area contributed by atoms with Crippen LogP contribution >= 0.6 is 0 Å². The maximum atomic E-state index is 12.7. The van der Waals surface area contributed by atoms with Crippen molar-refractivity contribution in [2.75, 3.05) is 5.43 Å². The number of rotatable bonds is 5. The number of benzene rings is 2. The topological polar surface area (TPSA) is 123 Å². The monoisotopic (exact) mass is 428 g/mol. The summed E-state index contributed by atoms with van der Waals surface area (Å²) in [7, 11) is -1.01. The van der Waals surface area contributed by atoms with Gasteiger partial charge in [0.2, 0.25) is 15.7 Å². The number of aryl methyl sites for hydroxylation is 1. The second kappa shape index (κ2) is 7.99. The Morgan fingerprint density at radius 3 is 2.03 bits per heavy atom. The van der Waals surface area contributed by atoms with Gasteiger partial charge < -0.3 is 5.11 Å². The highest BCUT2D eigenvalue weighted by atomic mass is 32.2. The summed E-state index contributed by atoms with van der Waals surface area (Å²) in [6, 6.07) is 12.5. The molecule has 0 aliphatic carbocycles. The van der Waals surface area contributed by atoms with Gasteiger partial charge in [-0.05, 0) is 43.3 Å². The fraction of sp³-hybridized carbons (Fsp3) is 0.150. The molecule has 2 N–H and O–H groups in total. The van der Waals surface area contributed by atoms with Crippen LogP contribution in [0.1, 0.15) is 11.1 Å². The lowest BCUT2D eigenvalue weighted by Gasteiger charge is -2.08. The minimum absolute atomic E-state index is 0.130. The molecule has 156 valence electrons. The average Bonchev–Trinajstić information content (AvgIpc) is 2.74. The van der Waals surface area contributed by atoms with Crippen LogP contribution in [0.3, 0.4) is 0 Å². The van der Waals surface area contributed by atoms with Crippen molar-refractivity contribution in [3.8, 4) is 5.88 Å². The maximum Gasteiger partial charge on any atom is 0.333 e. The van der Waals surface area contributed by atoms with Crippen molar-refractivity contribution in [2.24, 2.45) is 19.2 Å². The molecule has 1 heterocycles. The molecule has 10 heteroatoms. The van der Waals surface area contributed by atoms with E-state index in [0.717, 1.165) is 20.9 Å². The minimum atomic E-state index is -3.64. The van der Waals surface area contributed by atoms with Crippen LogP contribution in [0.4, 0.5) is 5.69 Å². The Morgan fingerprint density at radius 1 is 0.933 bits per heavy atom. The van der Waals surface area contributed by atoms with E-state index < -0.39 is 27.0 Å². The summed E-state index contributed by atoms with van der Waals surface area (Å²) in [5.74, 6) is -0.506. The van der Waals surface area contributed by atoms with Gasteiger partial charge in [-0.25, -0.2) is 13.2 Å². The van der Waals surface area contributed by atoms with Gasteiger partial charge in [-0.2, -0.15) is 5.10 Å². The van der Waals surface area contributed by atoms with Crippen LogP contribution in [0.2, 0.25) is 0 Å². The SMILES string of the molecule is Cc1ccc(S(=O)(=O)c2ccc(N/N=C/c3c(O)n(C)c(=O)n(C)c3=O)cc2)cc1. The van der Waals surface area contributed by atoms with E-state index >= 15 is 0 Å². The van der Waals surface area contributed by atoms with Crippen LogP contribution in [0, 0.1) is 6.92 Å². The number of hydrazone groups is 1. The highest BCUT2D eigenvalue weighted by Crippen LogP contribution is 2.22. The number of nitrogens with zero attached hydrogens (tertiary/aromatic N) is 3. The van der Waals surface area contributed by atoms with Crippen LogP contribution < -0.4 is 16.7 Å². The van der Waals surface area contributed by atoms with E-state index in [4.69, 9.17) is 0 Å². The van der Waals surface area contributed by atoms with Gasteiger partial charge in [0, 0.05) is 14.1 Å². The van der Waals surface area contributed by atoms with Crippen molar-refractivity contribution in [1.29, 1.82) is 0 Å². The van der Waals surface area contributed by atoms with Crippen LogP contribution in [-0.4, -0.2) is 28.9 Å². The van der Waals surface area contributed by atoms with Gasteiger partial charge in [-0.1, -0.05) is 17.7 Å². The smallest absolute Gasteiger partial charge is 0.333 e. The third kappa shape index (κ3) is 3.90. The fourth-order valence-corrected chi connectivity index (χ4v) is 3.97. The van der Waals surface area contributed by atoms with Gasteiger partial charge in [0.15, 0.2) is 0 Å². The number of hydrogen-bond acceptors (Lipinski definition) is 7. The maximum absolute atomic E-state index is 12.7. The number of sulfone groups is 1. The first kappa shape index (κ1) is 21.1. The van der Waals surface area contributed by atoms with Crippen LogP contribution in [0.15, 0.2) is 73.0 Å². The predicted molar refractivity (Wildman–Crippen MR) is 113 cm³/mol. The van der Waals surface area contributed by atoms with Crippen molar-refractivity contribution in [3.05, 3.63) is 80.5 Å². The second-order valence-electron chi connectivity index (χ2n) is 6.65. The molecule has 0 saturated carbocycles. The van der Waals surface area contributed by atoms with Gasteiger partial charge in [0.25, 0.3) is 5.56 Å². The molecule has 0 saturated heterocycles. The Labute approximate surface area is 172 Å². The lowest BCUT2D eigenvalue weighted by molar-refractivity contribution is 0.410. The van der Waals surface area contributed by atoms with Gasteiger partial charge in [-0.3, -0.25) is 19.4 Å². The average molecular weight is 428 g/mol. The van der Waals surface area contributed by atoms with E-state index in [0.29, 0.717) is 5.69 Å². The first-order valence-corrected chi connectivity index (χ1v) is 10.3. The molecule has 3 aromatic rings. The van der Waals surface area contributed by atoms with Crippen molar-refractivity contribution < 1.29 is 13.5 Å². The third-order valence-corrected chi connectivity index (χ3v) is 6.34. The molecule has 9 nitrogen and oxygen atoms in total. The van der Waals surface area contributed by atoms with Crippen molar-refractivity contribution in [2.45, 2.75) is 16.7 Å². The van der Waals surface area contributed by atoms with E-state index in [2.05, 4.69) is 10.5 Å². The molecule has 0 atom stereocenters. The normalized spacial score (nSPS) is 11.7. The zero-order valence-electron chi connectivity index (χ0n) is 16.5. The Bertz CT molecular complexity index is 1340. The van der Waals surface area contributed by atoms with Gasteiger partial charge in [-0.15, -0.1) is 0 Å². The molecule has 1 aromatic heterocycles. The molecule has 2 aromatic carbocycles. The number of aromatic nitrogens is 2. The number of anilines is 1. The number of aromatic hydroxyl groups is 1. The molecule has 0 aliphatic heterocycles. The molecule has 0 aliphatic rings.